The van der Waals surface area contributed by atoms with Crippen LogP contribution in [0.25, 0.3) is 0 Å². The number of primary sulfonamides is 1. The third kappa shape index (κ3) is 5.11. The number of carbonyl (C=O) groups is 1. The van der Waals surface area contributed by atoms with E-state index in [9.17, 15) is 13.2 Å². The summed E-state index contributed by atoms with van der Waals surface area (Å²) >= 11 is 0. The summed E-state index contributed by atoms with van der Waals surface area (Å²) in [6.45, 7) is 5.39. The molecule has 1 saturated heterocycles. The van der Waals surface area contributed by atoms with Gasteiger partial charge in [-0.2, -0.15) is 0 Å². The van der Waals surface area contributed by atoms with Crippen LogP contribution in [0.15, 0.2) is 47.4 Å². The first kappa shape index (κ1) is 20.4. The standard InChI is InChI=1S/C21H26N2O4S/c1-15-3-4-16(2)20(13-15)27-18-9-11-23(12-10-18)21(24)14-17-5-7-19(8-6-17)28(22,25)26/h3-8,13,18H,9-12,14H2,1-2H3,(H2,22,25,26). The molecule has 1 fully saturated rings. The number of sulfonamides is 1. The minimum atomic E-state index is -3.72. The highest BCUT2D eigenvalue weighted by molar-refractivity contribution is 7.89. The predicted molar refractivity (Wildman–Crippen MR) is 108 cm³/mol. The van der Waals surface area contributed by atoms with Crippen molar-refractivity contribution in [3.63, 3.8) is 0 Å². The monoisotopic (exact) mass is 402 g/mol. The Hall–Kier alpha value is -2.38. The summed E-state index contributed by atoms with van der Waals surface area (Å²) in [5, 5.41) is 5.10. The van der Waals surface area contributed by atoms with E-state index in [-0.39, 0.29) is 23.3 Å². The number of piperidine rings is 1. The van der Waals surface area contributed by atoms with E-state index in [1.54, 1.807) is 12.1 Å². The third-order valence-electron chi connectivity index (χ3n) is 5.04. The van der Waals surface area contributed by atoms with Crippen LogP contribution in [0.1, 0.15) is 29.5 Å². The second kappa shape index (κ2) is 8.32. The molecular formula is C21H26N2O4S. The van der Waals surface area contributed by atoms with Crippen molar-refractivity contribution in [2.24, 2.45) is 5.14 Å². The summed E-state index contributed by atoms with van der Waals surface area (Å²) in [4.78, 5) is 14.4. The van der Waals surface area contributed by atoms with Crippen LogP contribution in [-0.4, -0.2) is 38.4 Å². The fourth-order valence-corrected chi connectivity index (χ4v) is 3.84. The smallest absolute Gasteiger partial charge is 0.238 e. The fourth-order valence-electron chi connectivity index (χ4n) is 3.32. The van der Waals surface area contributed by atoms with Gasteiger partial charge in [-0.05, 0) is 48.7 Å². The number of nitrogens with two attached hydrogens (primary N) is 1. The van der Waals surface area contributed by atoms with E-state index < -0.39 is 10.0 Å². The van der Waals surface area contributed by atoms with Crippen LogP contribution in [0.2, 0.25) is 0 Å². The molecule has 6 nitrogen and oxygen atoms in total. The molecule has 0 radical (unpaired) electrons. The molecule has 2 aromatic carbocycles. The molecule has 2 N–H and O–H groups in total. The summed E-state index contributed by atoms with van der Waals surface area (Å²) in [6, 6.07) is 12.3. The van der Waals surface area contributed by atoms with Crippen molar-refractivity contribution in [1.29, 1.82) is 0 Å². The van der Waals surface area contributed by atoms with Gasteiger partial charge in [-0.3, -0.25) is 4.79 Å². The molecule has 0 spiro atoms. The maximum atomic E-state index is 12.6. The zero-order valence-electron chi connectivity index (χ0n) is 16.2. The first-order valence-electron chi connectivity index (χ1n) is 9.36. The average Bonchev–Trinajstić information content (AvgIpc) is 2.65. The van der Waals surface area contributed by atoms with Crippen LogP contribution in [0.4, 0.5) is 0 Å². The van der Waals surface area contributed by atoms with Crippen molar-refractivity contribution in [2.45, 2.75) is 44.1 Å². The Morgan fingerprint density at radius 3 is 2.36 bits per heavy atom. The van der Waals surface area contributed by atoms with E-state index in [2.05, 4.69) is 18.2 Å². The van der Waals surface area contributed by atoms with Gasteiger partial charge in [0.05, 0.1) is 11.3 Å². The molecular weight excluding hydrogens is 376 g/mol. The lowest BCUT2D eigenvalue weighted by Gasteiger charge is -2.32. The average molecular weight is 403 g/mol. The largest absolute Gasteiger partial charge is 0.490 e. The molecule has 1 aliphatic heterocycles. The van der Waals surface area contributed by atoms with E-state index >= 15 is 0 Å². The zero-order chi connectivity index (χ0) is 20.3. The highest BCUT2D eigenvalue weighted by Gasteiger charge is 2.24. The number of likely N-dealkylation sites (tertiary alicyclic amines) is 1. The van der Waals surface area contributed by atoms with Crippen LogP contribution in [0.5, 0.6) is 5.75 Å². The predicted octanol–water partition coefficient (Wildman–Crippen LogP) is 2.56. The van der Waals surface area contributed by atoms with Crippen molar-refractivity contribution in [3.8, 4) is 5.75 Å². The van der Waals surface area contributed by atoms with Crippen LogP contribution >= 0.6 is 0 Å². The molecule has 0 aliphatic carbocycles. The number of ether oxygens (including phenoxy) is 1. The molecule has 0 atom stereocenters. The van der Waals surface area contributed by atoms with Gasteiger partial charge in [0.15, 0.2) is 0 Å². The molecule has 0 bridgehead atoms. The Kier molecular flexibility index (Phi) is 6.05. The molecule has 0 aromatic heterocycles. The van der Waals surface area contributed by atoms with Gasteiger partial charge in [0.2, 0.25) is 15.9 Å². The summed E-state index contributed by atoms with van der Waals surface area (Å²) in [5.74, 6) is 0.952. The van der Waals surface area contributed by atoms with Crippen molar-refractivity contribution in [3.05, 3.63) is 59.2 Å². The number of amides is 1. The molecule has 1 heterocycles. The third-order valence-corrected chi connectivity index (χ3v) is 5.97. The van der Waals surface area contributed by atoms with Gasteiger partial charge >= 0.3 is 0 Å². The molecule has 1 amide bonds. The number of hydrogen-bond acceptors (Lipinski definition) is 4. The molecule has 1 aliphatic rings. The summed E-state index contributed by atoms with van der Waals surface area (Å²) in [7, 11) is -3.72. The highest BCUT2D eigenvalue weighted by Crippen LogP contribution is 2.24. The van der Waals surface area contributed by atoms with Crippen LogP contribution < -0.4 is 9.88 Å². The van der Waals surface area contributed by atoms with Crippen molar-refractivity contribution < 1.29 is 17.9 Å². The van der Waals surface area contributed by atoms with E-state index in [0.29, 0.717) is 13.1 Å². The minimum absolute atomic E-state index is 0.0357. The Balaban J connectivity index is 1.53. The zero-order valence-corrected chi connectivity index (χ0v) is 17.0. The Labute approximate surface area is 166 Å². The second-order valence-electron chi connectivity index (χ2n) is 7.33. The van der Waals surface area contributed by atoms with Gasteiger partial charge in [0.25, 0.3) is 0 Å². The molecule has 7 heteroatoms. The first-order valence-corrected chi connectivity index (χ1v) is 10.9. The number of rotatable bonds is 5. The molecule has 2 aromatic rings. The summed E-state index contributed by atoms with van der Waals surface area (Å²) in [6.07, 6.45) is 1.94. The molecule has 0 unspecified atom stereocenters. The SMILES string of the molecule is Cc1ccc(C)c(OC2CCN(C(=O)Cc3ccc(S(N)(=O)=O)cc3)CC2)c1. The fraction of sp³-hybridized carbons (Fsp3) is 0.381. The maximum Gasteiger partial charge on any atom is 0.238 e. The minimum Gasteiger partial charge on any atom is -0.490 e. The lowest BCUT2D eigenvalue weighted by molar-refractivity contribution is -0.132. The first-order chi connectivity index (χ1) is 13.2. The number of carbonyl (C=O) groups excluding carboxylic acids is 1. The van der Waals surface area contributed by atoms with Crippen molar-refractivity contribution in [2.75, 3.05) is 13.1 Å². The number of benzene rings is 2. The number of aryl methyl sites for hydroxylation is 2. The van der Waals surface area contributed by atoms with Gasteiger partial charge in [-0.25, -0.2) is 13.6 Å². The van der Waals surface area contributed by atoms with E-state index in [1.807, 2.05) is 18.7 Å². The van der Waals surface area contributed by atoms with E-state index in [4.69, 9.17) is 9.88 Å². The summed E-state index contributed by atoms with van der Waals surface area (Å²) < 4.78 is 28.8. The van der Waals surface area contributed by atoms with Gasteiger partial charge in [0.1, 0.15) is 11.9 Å². The highest BCUT2D eigenvalue weighted by atomic mass is 32.2. The Morgan fingerprint density at radius 2 is 1.75 bits per heavy atom. The Morgan fingerprint density at radius 1 is 1.11 bits per heavy atom. The summed E-state index contributed by atoms with van der Waals surface area (Å²) in [5.41, 5.74) is 3.06. The molecule has 150 valence electrons. The van der Waals surface area contributed by atoms with Crippen LogP contribution in [0.3, 0.4) is 0 Å². The lowest BCUT2D eigenvalue weighted by Crippen LogP contribution is -2.42. The van der Waals surface area contributed by atoms with Gasteiger partial charge < -0.3 is 9.64 Å². The molecule has 3 rings (SSSR count). The second-order valence-corrected chi connectivity index (χ2v) is 8.89. The topological polar surface area (TPSA) is 89.7 Å². The van der Waals surface area contributed by atoms with Gasteiger partial charge in [-0.15, -0.1) is 0 Å². The van der Waals surface area contributed by atoms with Gasteiger partial charge in [-0.1, -0.05) is 24.3 Å². The Bertz CT molecular complexity index is 947. The van der Waals surface area contributed by atoms with Gasteiger partial charge in [0, 0.05) is 25.9 Å². The van der Waals surface area contributed by atoms with E-state index in [1.165, 1.54) is 17.7 Å². The van der Waals surface area contributed by atoms with Crippen molar-refractivity contribution >= 4 is 15.9 Å². The molecule has 0 saturated carbocycles. The molecule has 28 heavy (non-hydrogen) atoms. The normalized spacial score (nSPS) is 15.5. The maximum absolute atomic E-state index is 12.6. The number of hydrogen-bond donors (Lipinski definition) is 1. The van der Waals surface area contributed by atoms with Crippen LogP contribution in [-0.2, 0) is 21.2 Å². The van der Waals surface area contributed by atoms with Crippen LogP contribution in [0, 0.1) is 13.8 Å². The number of nitrogens with zero attached hydrogens (tertiary/aromatic N) is 1. The van der Waals surface area contributed by atoms with Crippen molar-refractivity contribution in [1.82, 2.24) is 4.90 Å². The lowest BCUT2D eigenvalue weighted by atomic mass is 10.1. The van der Waals surface area contributed by atoms with E-state index in [0.717, 1.165) is 29.7 Å². The quantitative estimate of drug-likeness (QED) is 0.832.